The van der Waals surface area contributed by atoms with Gasteiger partial charge in [0.25, 0.3) is 0 Å². The number of phenols is 1. The van der Waals surface area contributed by atoms with Crippen molar-refractivity contribution in [3.8, 4) is 5.75 Å². The highest BCUT2D eigenvalue weighted by molar-refractivity contribution is 5.68. The number of rotatable bonds is 1. The first-order valence-electron chi connectivity index (χ1n) is 6.85. The Morgan fingerprint density at radius 1 is 1.45 bits per heavy atom. The van der Waals surface area contributed by atoms with Crippen molar-refractivity contribution in [3.05, 3.63) is 29.8 Å². The molecule has 1 saturated heterocycles. The molecule has 1 aromatic rings. The second kappa shape index (κ2) is 5.71. The molecular formula is C15H22N2O3. The maximum absolute atomic E-state index is 12.1. The van der Waals surface area contributed by atoms with Crippen LogP contribution in [0.25, 0.3) is 0 Å². The number of hydrogen-bond donors (Lipinski definition) is 2. The highest BCUT2D eigenvalue weighted by Gasteiger charge is 2.28. The summed E-state index contributed by atoms with van der Waals surface area (Å²) in [5.74, 6) is 0.235. The first-order valence-corrected chi connectivity index (χ1v) is 6.85. The van der Waals surface area contributed by atoms with Crippen molar-refractivity contribution < 1.29 is 14.6 Å². The van der Waals surface area contributed by atoms with Crippen LogP contribution in [-0.2, 0) is 4.74 Å². The third-order valence-electron chi connectivity index (χ3n) is 3.10. The third-order valence-corrected chi connectivity index (χ3v) is 3.10. The van der Waals surface area contributed by atoms with Crippen LogP contribution in [0.4, 0.5) is 4.79 Å². The maximum atomic E-state index is 12.1. The van der Waals surface area contributed by atoms with Crippen molar-refractivity contribution in [2.24, 2.45) is 0 Å². The smallest absolute Gasteiger partial charge is 0.410 e. The zero-order chi connectivity index (χ0) is 14.8. The lowest BCUT2D eigenvalue weighted by Gasteiger charge is -2.35. The van der Waals surface area contributed by atoms with Crippen LogP contribution < -0.4 is 5.32 Å². The van der Waals surface area contributed by atoms with Gasteiger partial charge in [-0.15, -0.1) is 0 Å². The summed E-state index contributed by atoms with van der Waals surface area (Å²) in [6.07, 6.45) is -0.288. The molecule has 2 rings (SSSR count). The molecular weight excluding hydrogens is 256 g/mol. The van der Waals surface area contributed by atoms with Crippen molar-refractivity contribution in [1.29, 1.82) is 0 Å². The summed E-state index contributed by atoms with van der Waals surface area (Å²) in [5, 5.41) is 12.9. The fraction of sp³-hybridized carbons (Fsp3) is 0.533. The average Bonchev–Trinajstić information content (AvgIpc) is 2.37. The van der Waals surface area contributed by atoms with Gasteiger partial charge >= 0.3 is 6.09 Å². The molecule has 1 heterocycles. The largest absolute Gasteiger partial charge is 0.508 e. The predicted octanol–water partition coefficient (Wildman–Crippen LogP) is 2.27. The quantitative estimate of drug-likeness (QED) is 0.827. The van der Waals surface area contributed by atoms with Gasteiger partial charge < -0.3 is 20.1 Å². The standard InChI is InChI=1S/C15H22N2O3/c1-15(2,3)20-14(19)17-8-7-16-13(10-17)11-5-4-6-12(18)9-11/h4-6,9,13,16,18H,7-8,10H2,1-3H3/t13-/m1/s1. The zero-order valence-electron chi connectivity index (χ0n) is 12.2. The van der Waals surface area contributed by atoms with Gasteiger partial charge in [0.05, 0.1) is 6.04 Å². The van der Waals surface area contributed by atoms with Crippen molar-refractivity contribution >= 4 is 6.09 Å². The molecule has 1 atom stereocenters. The highest BCUT2D eigenvalue weighted by Crippen LogP contribution is 2.22. The monoisotopic (exact) mass is 278 g/mol. The van der Waals surface area contributed by atoms with Crippen molar-refractivity contribution in [2.45, 2.75) is 32.4 Å². The van der Waals surface area contributed by atoms with Crippen LogP contribution >= 0.6 is 0 Å². The van der Waals surface area contributed by atoms with Crippen LogP contribution in [-0.4, -0.2) is 41.3 Å². The number of ether oxygens (including phenoxy) is 1. The topological polar surface area (TPSA) is 61.8 Å². The molecule has 0 aliphatic carbocycles. The zero-order valence-corrected chi connectivity index (χ0v) is 12.2. The second-order valence-electron chi connectivity index (χ2n) is 6.03. The lowest BCUT2D eigenvalue weighted by molar-refractivity contribution is 0.0195. The van der Waals surface area contributed by atoms with E-state index in [2.05, 4.69) is 5.32 Å². The number of phenolic OH excluding ortho intramolecular Hbond substituents is 1. The molecule has 0 saturated carbocycles. The number of aromatic hydroxyl groups is 1. The van der Waals surface area contributed by atoms with Gasteiger partial charge in [0.1, 0.15) is 11.4 Å². The summed E-state index contributed by atoms with van der Waals surface area (Å²) in [6, 6.07) is 7.12. The van der Waals surface area contributed by atoms with E-state index in [0.29, 0.717) is 19.6 Å². The molecule has 1 aliphatic heterocycles. The Bertz CT molecular complexity index is 482. The molecule has 0 radical (unpaired) electrons. The van der Waals surface area contributed by atoms with E-state index in [0.717, 1.165) is 5.56 Å². The number of amides is 1. The maximum Gasteiger partial charge on any atom is 0.410 e. The number of benzene rings is 1. The van der Waals surface area contributed by atoms with Crippen LogP contribution in [0.5, 0.6) is 5.75 Å². The molecule has 5 heteroatoms. The van der Waals surface area contributed by atoms with Gasteiger partial charge in [0.15, 0.2) is 0 Å². The van der Waals surface area contributed by atoms with Crippen LogP contribution in [0.2, 0.25) is 0 Å². The minimum absolute atomic E-state index is 0.0170. The molecule has 1 fully saturated rings. The summed E-state index contributed by atoms with van der Waals surface area (Å²) < 4.78 is 5.39. The Labute approximate surface area is 119 Å². The molecule has 1 aliphatic rings. The van der Waals surface area contributed by atoms with Crippen LogP contribution in [0, 0.1) is 0 Å². The molecule has 0 unspecified atom stereocenters. The summed E-state index contributed by atoms with van der Waals surface area (Å²) in [5.41, 5.74) is 0.487. The highest BCUT2D eigenvalue weighted by atomic mass is 16.6. The van der Waals surface area contributed by atoms with E-state index < -0.39 is 5.60 Å². The summed E-state index contributed by atoms with van der Waals surface area (Å²) in [7, 11) is 0. The Balaban J connectivity index is 2.03. The van der Waals surface area contributed by atoms with Gasteiger partial charge in [-0.3, -0.25) is 0 Å². The predicted molar refractivity (Wildman–Crippen MR) is 76.7 cm³/mol. The first-order chi connectivity index (χ1) is 9.35. The fourth-order valence-electron chi connectivity index (χ4n) is 2.21. The SMILES string of the molecule is CC(C)(C)OC(=O)N1CCN[C@@H](c2cccc(O)c2)C1. The van der Waals surface area contributed by atoms with Crippen LogP contribution in [0.15, 0.2) is 24.3 Å². The van der Waals surface area contributed by atoms with E-state index >= 15 is 0 Å². The Hall–Kier alpha value is -1.75. The number of piperazine rings is 1. The molecule has 0 bridgehead atoms. The van der Waals surface area contributed by atoms with Gasteiger partial charge in [-0.2, -0.15) is 0 Å². The molecule has 0 spiro atoms. The fourth-order valence-corrected chi connectivity index (χ4v) is 2.21. The average molecular weight is 278 g/mol. The van der Waals surface area contributed by atoms with Crippen molar-refractivity contribution in [1.82, 2.24) is 10.2 Å². The molecule has 110 valence electrons. The van der Waals surface area contributed by atoms with Gasteiger partial charge in [-0.25, -0.2) is 4.79 Å². The van der Waals surface area contributed by atoms with Crippen molar-refractivity contribution in [2.75, 3.05) is 19.6 Å². The molecule has 2 N–H and O–H groups in total. The van der Waals surface area contributed by atoms with E-state index in [1.165, 1.54) is 0 Å². The Morgan fingerprint density at radius 2 is 2.20 bits per heavy atom. The second-order valence-corrected chi connectivity index (χ2v) is 6.03. The van der Waals surface area contributed by atoms with Gasteiger partial charge in [0, 0.05) is 19.6 Å². The van der Waals surface area contributed by atoms with E-state index in [-0.39, 0.29) is 17.9 Å². The lowest BCUT2D eigenvalue weighted by Crippen LogP contribution is -2.49. The number of carbonyl (C=O) groups is 1. The van der Waals surface area contributed by atoms with Gasteiger partial charge in [0.2, 0.25) is 0 Å². The summed E-state index contributed by atoms with van der Waals surface area (Å²) in [6.45, 7) is 7.46. The van der Waals surface area contributed by atoms with E-state index in [4.69, 9.17) is 4.74 Å². The summed E-state index contributed by atoms with van der Waals surface area (Å²) >= 11 is 0. The van der Waals surface area contributed by atoms with Crippen LogP contribution in [0.3, 0.4) is 0 Å². The first kappa shape index (κ1) is 14.7. The van der Waals surface area contributed by atoms with Gasteiger partial charge in [-0.05, 0) is 38.5 Å². The molecule has 1 aromatic carbocycles. The number of carbonyl (C=O) groups excluding carboxylic acids is 1. The van der Waals surface area contributed by atoms with Crippen LogP contribution in [0.1, 0.15) is 32.4 Å². The van der Waals surface area contributed by atoms with E-state index in [9.17, 15) is 9.90 Å². The normalized spacial score (nSPS) is 19.8. The Kier molecular flexibility index (Phi) is 4.18. The van der Waals surface area contributed by atoms with Crippen molar-refractivity contribution in [3.63, 3.8) is 0 Å². The third kappa shape index (κ3) is 3.87. The minimum Gasteiger partial charge on any atom is -0.508 e. The lowest BCUT2D eigenvalue weighted by atomic mass is 10.0. The van der Waals surface area contributed by atoms with Gasteiger partial charge in [-0.1, -0.05) is 12.1 Å². The van der Waals surface area contributed by atoms with E-state index in [1.54, 1.807) is 23.1 Å². The number of hydrogen-bond acceptors (Lipinski definition) is 4. The molecule has 0 aromatic heterocycles. The molecule has 20 heavy (non-hydrogen) atoms. The van der Waals surface area contributed by atoms with E-state index in [1.807, 2.05) is 26.8 Å². The number of nitrogens with one attached hydrogen (secondary N) is 1. The summed E-state index contributed by atoms with van der Waals surface area (Å²) in [4.78, 5) is 13.8. The molecule has 1 amide bonds. The molecule has 5 nitrogen and oxygen atoms in total. The number of nitrogens with zero attached hydrogens (tertiary/aromatic N) is 1. The Morgan fingerprint density at radius 3 is 2.85 bits per heavy atom. The minimum atomic E-state index is -0.484.